The van der Waals surface area contributed by atoms with Gasteiger partial charge in [0.05, 0.1) is 10.6 Å². The van der Waals surface area contributed by atoms with Crippen molar-refractivity contribution in [3.8, 4) is 0 Å². The number of sulfonamides is 1. The second-order valence-electron chi connectivity index (χ2n) is 6.36. The quantitative estimate of drug-likeness (QED) is 0.825. The summed E-state index contributed by atoms with van der Waals surface area (Å²) < 4.78 is 28.4. The second-order valence-corrected chi connectivity index (χ2v) is 8.90. The van der Waals surface area contributed by atoms with Crippen LogP contribution >= 0.6 is 15.9 Å². The molecule has 2 aromatic rings. The van der Waals surface area contributed by atoms with E-state index in [2.05, 4.69) is 41.4 Å². The van der Waals surface area contributed by atoms with E-state index in [1.165, 1.54) is 0 Å². The molecule has 0 bridgehead atoms. The molecule has 0 aliphatic rings. The molecule has 0 fully saturated rings. The van der Waals surface area contributed by atoms with Crippen LogP contribution in [0.5, 0.6) is 0 Å². The average Bonchev–Trinajstić information content (AvgIpc) is 2.40. The van der Waals surface area contributed by atoms with Crippen LogP contribution in [0.1, 0.15) is 31.9 Å². The minimum atomic E-state index is -3.59. The van der Waals surface area contributed by atoms with E-state index in [1.807, 2.05) is 25.1 Å². The highest BCUT2D eigenvalue weighted by Gasteiger charge is 2.19. The summed E-state index contributed by atoms with van der Waals surface area (Å²) in [6.45, 7) is 8.20. The second kappa shape index (κ2) is 6.05. The summed E-state index contributed by atoms with van der Waals surface area (Å²) in [6, 6.07) is 12.5. The highest BCUT2D eigenvalue weighted by molar-refractivity contribution is 9.10. The fourth-order valence-electron chi connectivity index (χ4n) is 1.99. The maximum atomic E-state index is 12.5. The monoisotopic (exact) mass is 381 g/mol. The molecule has 0 saturated heterocycles. The van der Waals surface area contributed by atoms with Crippen LogP contribution in [0.15, 0.2) is 51.8 Å². The lowest BCUT2D eigenvalue weighted by Crippen LogP contribution is -2.15. The maximum absolute atomic E-state index is 12.5. The molecule has 22 heavy (non-hydrogen) atoms. The first-order valence-electron chi connectivity index (χ1n) is 6.99. The van der Waals surface area contributed by atoms with Crippen LogP contribution in [0.4, 0.5) is 5.69 Å². The first-order chi connectivity index (χ1) is 10.1. The van der Waals surface area contributed by atoms with Crippen molar-refractivity contribution >= 4 is 31.6 Å². The fraction of sp³-hybridized carbons (Fsp3) is 0.294. The number of hydrogen-bond acceptors (Lipinski definition) is 2. The van der Waals surface area contributed by atoms with Gasteiger partial charge < -0.3 is 0 Å². The van der Waals surface area contributed by atoms with E-state index in [1.54, 1.807) is 24.3 Å². The SMILES string of the molecule is Cc1ccc(S(=O)(=O)Nc2cc(C(C)(C)C)ccc2Br)cc1. The number of nitrogens with one attached hydrogen (secondary N) is 1. The van der Waals surface area contributed by atoms with Gasteiger partial charge in [0.25, 0.3) is 10.0 Å². The van der Waals surface area contributed by atoms with Gasteiger partial charge in [-0.25, -0.2) is 8.42 Å². The van der Waals surface area contributed by atoms with Crippen molar-refractivity contribution in [1.82, 2.24) is 0 Å². The summed E-state index contributed by atoms with van der Waals surface area (Å²) in [5.41, 5.74) is 2.59. The number of hydrogen-bond donors (Lipinski definition) is 1. The molecule has 2 rings (SSSR count). The van der Waals surface area contributed by atoms with Crippen molar-refractivity contribution in [3.63, 3.8) is 0 Å². The van der Waals surface area contributed by atoms with Crippen molar-refractivity contribution in [1.29, 1.82) is 0 Å². The van der Waals surface area contributed by atoms with Crippen LogP contribution in [0.25, 0.3) is 0 Å². The van der Waals surface area contributed by atoms with Gasteiger partial charge in [-0.2, -0.15) is 0 Å². The Morgan fingerprint density at radius 2 is 1.59 bits per heavy atom. The standard InChI is InChI=1S/C17H20BrNO2S/c1-12-5-8-14(9-6-12)22(20,21)19-16-11-13(17(2,3)4)7-10-15(16)18/h5-11,19H,1-4H3. The first-order valence-corrected chi connectivity index (χ1v) is 9.27. The zero-order chi connectivity index (χ0) is 16.5. The summed E-state index contributed by atoms with van der Waals surface area (Å²) in [6.07, 6.45) is 0. The molecule has 0 aliphatic carbocycles. The number of halogens is 1. The smallest absolute Gasteiger partial charge is 0.261 e. The Kier molecular flexibility index (Phi) is 4.68. The third-order valence-electron chi connectivity index (χ3n) is 3.41. The summed E-state index contributed by atoms with van der Waals surface area (Å²) in [4.78, 5) is 0.256. The number of anilines is 1. The van der Waals surface area contributed by atoms with Crippen molar-refractivity contribution < 1.29 is 8.42 Å². The molecule has 0 aromatic heterocycles. The fourth-order valence-corrected chi connectivity index (χ4v) is 3.54. The molecule has 0 atom stereocenters. The molecule has 0 amide bonds. The van der Waals surface area contributed by atoms with Gasteiger partial charge in [0.15, 0.2) is 0 Å². The van der Waals surface area contributed by atoms with Crippen LogP contribution in [0.3, 0.4) is 0 Å². The number of rotatable bonds is 3. The lowest BCUT2D eigenvalue weighted by atomic mass is 9.87. The molecule has 1 N–H and O–H groups in total. The molecule has 2 aromatic carbocycles. The van der Waals surface area contributed by atoms with Gasteiger partial charge in [-0.15, -0.1) is 0 Å². The van der Waals surface area contributed by atoms with Gasteiger partial charge in [0, 0.05) is 4.47 Å². The summed E-state index contributed by atoms with van der Waals surface area (Å²) in [7, 11) is -3.59. The Labute approximate surface area is 140 Å². The van der Waals surface area contributed by atoms with E-state index in [0.29, 0.717) is 5.69 Å². The van der Waals surface area contributed by atoms with Crippen LogP contribution in [0, 0.1) is 6.92 Å². The zero-order valence-electron chi connectivity index (χ0n) is 13.1. The summed E-state index contributed by atoms with van der Waals surface area (Å²) in [5, 5.41) is 0. The minimum Gasteiger partial charge on any atom is -0.278 e. The van der Waals surface area contributed by atoms with Gasteiger partial charge in [0.2, 0.25) is 0 Å². The zero-order valence-corrected chi connectivity index (χ0v) is 15.5. The van der Waals surface area contributed by atoms with Gasteiger partial charge in [-0.05, 0) is 58.1 Å². The highest BCUT2D eigenvalue weighted by Crippen LogP contribution is 2.31. The summed E-state index contributed by atoms with van der Waals surface area (Å²) in [5.74, 6) is 0. The maximum Gasteiger partial charge on any atom is 0.261 e. The van der Waals surface area contributed by atoms with Gasteiger partial charge in [0.1, 0.15) is 0 Å². The Balaban J connectivity index is 2.39. The molecule has 3 nitrogen and oxygen atoms in total. The Morgan fingerprint density at radius 3 is 2.14 bits per heavy atom. The van der Waals surface area contributed by atoms with Crippen molar-refractivity contribution in [2.75, 3.05) is 4.72 Å². The molecule has 0 unspecified atom stereocenters. The first kappa shape index (κ1) is 17.0. The van der Waals surface area contributed by atoms with E-state index in [0.717, 1.165) is 15.6 Å². The number of benzene rings is 2. The third kappa shape index (κ3) is 3.90. The summed E-state index contributed by atoms with van der Waals surface area (Å²) >= 11 is 3.41. The van der Waals surface area contributed by atoms with E-state index in [-0.39, 0.29) is 10.3 Å². The van der Waals surface area contributed by atoms with Crippen molar-refractivity contribution in [2.45, 2.75) is 38.0 Å². The average molecular weight is 382 g/mol. The van der Waals surface area contributed by atoms with Gasteiger partial charge >= 0.3 is 0 Å². The van der Waals surface area contributed by atoms with E-state index < -0.39 is 10.0 Å². The highest BCUT2D eigenvalue weighted by atomic mass is 79.9. The molecule has 118 valence electrons. The molecule has 0 spiro atoms. The van der Waals surface area contributed by atoms with E-state index in [9.17, 15) is 8.42 Å². The van der Waals surface area contributed by atoms with E-state index in [4.69, 9.17) is 0 Å². The van der Waals surface area contributed by atoms with Crippen molar-refractivity contribution in [2.24, 2.45) is 0 Å². The lowest BCUT2D eigenvalue weighted by Gasteiger charge is -2.21. The van der Waals surface area contributed by atoms with Gasteiger partial charge in [-0.3, -0.25) is 4.72 Å². The third-order valence-corrected chi connectivity index (χ3v) is 5.48. The lowest BCUT2D eigenvalue weighted by molar-refractivity contribution is 0.589. The molecular formula is C17H20BrNO2S. The number of aryl methyl sites for hydroxylation is 1. The molecule has 0 heterocycles. The topological polar surface area (TPSA) is 46.2 Å². The molecule has 5 heteroatoms. The normalized spacial score (nSPS) is 12.2. The largest absolute Gasteiger partial charge is 0.278 e. The Bertz CT molecular complexity index is 775. The predicted molar refractivity (Wildman–Crippen MR) is 94.8 cm³/mol. The van der Waals surface area contributed by atoms with Crippen LogP contribution in [-0.4, -0.2) is 8.42 Å². The Morgan fingerprint density at radius 1 is 1.00 bits per heavy atom. The van der Waals surface area contributed by atoms with Crippen molar-refractivity contribution in [3.05, 3.63) is 58.1 Å². The minimum absolute atomic E-state index is 0.0508. The van der Waals surface area contributed by atoms with E-state index >= 15 is 0 Å². The van der Waals surface area contributed by atoms with Crippen LogP contribution in [-0.2, 0) is 15.4 Å². The molecule has 0 radical (unpaired) electrons. The van der Waals surface area contributed by atoms with Crippen LogP contribution < -0.4 is 4.72 Å². The van der Waals surface area contributed by atoms with Crippen LogP contribution in [0.2, 0.25) is 0 Å². The molecule has 0 aliphatic heterocycles. The predicted octanol–water partition coefficient (Wildman–Crippen LogP) is 4.86. The molecular weight excluding hydrogens is 362 g/mol. The van der Waals surface area contributed by atoms with Gasteiger partial charge in [-0.1, -0.05) is 44.5 Å². The Hall–Kier alpha value is -1.33. The molecule has 0 saturated carbocycles.